The average Bonchev–Trinajstić information content (AvgIpc) is 2.30. The van der Waals surface area contributed by atoms with Gasteiger partial charge in [0, 0.05) is 13.3 Å². The molecule has 1 fully saturated rings. The Kier molecular flexibility index (Phi) is 5.17. The van der Waals surface area contributed by atoms with Gasteiger partial charge in [-0.25, -0.2) is 0 Å². The normalized spacial score (nSPS) is 18.3. The van der Waals surface area contributed by atoms with Gasteiger partial charge in [-0.3, -0.25) is 24.7 Å². The summed E-state index contributed by atoms with van der Waals surface area (Å²) >= 11 is 0. The Morgan fingerprint density at radius 1 is 1.42 bits per heavy atom. The Morgan fingerprint density at radius 3 is 2.68 bits per heavy atom. The number of carbonyl (C=O) groups excluding carboxylic acids is 3. The number of amides is 3. The van der Waals surface area contributed by atoms with E-state index >= 15 is 0 Å². The maximum Gasteiger partial charge on any atom is 0.235 e. The molecule has 1 aromatic rings. The van der Waals surface area contributed by atoms with Crippen molar-refractivity contribution in [3.05, 3.63) is 24.0 Å². The number of nitrogens with zero attached hydrogens (tertiary/aromatic N) is 1. The van der Waals surface area contributed by atoms with Crippen LogP contribution in [0.4, 0.5) is 5.69 Å². The molecule has 102 valence electrons. The van der Waals surface area contributed by atoms with Gasteiger partial charge in [-0.05, 0) is 18.6 Å². The molecule has 3 amide bonds. The number of imide groups is 1. The number of hydrogen-bond donors (Lipinski definition) is 2. The molecule has 7 heteroatoms. The lowest BCUT2D eigenvalue weighted by atomic mass is 9.94. The molecule has 0 aromatic carbocycles. The molecular weight excluding hydrogens is 314 g/mol. The number of rotatable bonds is 2. The van der Waals surface area contributed by atoms with Crippen molar-refractivity contribution in [2.45, 2.75) is 25.7 Å². The smallest absolute Gasteiger partial charge is 0.235 e. The van der Waals surface area contributed by atoms with E-state index in [9.17, 15) is 14.4 Å². The molecule has 1 unspecified atom stereocenters. The third kappa shape index (κ3) is 3.85. The Morgan fingerprint density at radius 2 is 2.16 bits per heavy atom. The zero-order valence-electron chi connectivity index (χ0n) is 10.3. The molecule has 19 heavy (non-hydrogen) atoms. The van der Waals surface area contributed by atoms with Gasteiger partial charge in [-0.15, -0.1) is 17.0 Å². The van der Waals surface area contributed by atoms with Crippen molar-refractivity contribution < 1.29 is 14.4 Å². The number of anilines is 1. The summed E-state index contributed by atoms with van der Waals surface area (Å²) in [5, 5.41) is 4.88. The van der Waals surface area contributed by atoms with Crippen LogP contribution in [0.2, 0.25) is 0 Å². The second kappa shape index (κ2) is 6.42. The molecule has 2 rings (SSSR count). The van der Waals surface area contributed by atoms with Gasteiger partial charge in [0.2, 0.25) is 17.7 Å². The zero-order valence-corrected chi connectivity index (χ0v) is 12.0. The lowest BCUT2D eigenvalue weighted by Crippen LogP contribution is -2.39. The van der Waals surface area contributed by atoms with Crippen molar-refractivity contribution in [3.8, 4) is 0 Å². The van der Waals surface area contributed by atoms with E-state index in [1.165, 1.54) is 13.1 Å². The number of nitrogens with one attached hydrogen (secondary N) is 2. The molecular formula is C12H14BrN3O3. The largest absolute Gasteiger partial charge is 0.325 e. The van der Waals surface area contributed by atoms with Crippen LogP contribution in [0.25, 0.3) is 0 Å². The van der Waals surface area contributed by atoms with E-state index in [-0.39, 0.29) is 34.7 Å². The maximum atomic E-state index is 11.6. The molecule has 2 N–H and O–H groups in total. The number of carbonyl (C=O) groups is 3. The van der Waals surface area contributed by atoms with E-state index in [0.29, 0.717) is 24.2 Å². The van der Waals surface area contributed by atoms with Crippen molar-refractivity contribution >= 4 is 40.4 Å². The van der Waals surface area contributed by atoms with Crippen molar-refractivity contribution in [2.75, 3.05) is 5.32 Å². The van der Waals surface area contributed by atoms with Crippen LogP contribution < -0.4 is 10.6 Å². The molecule has 1 aliphatic rings. The number of pyridine rings is 1. The lowest BCUT2D eigenvalue weighted by Gasteiger charge is -2.20. The van der Waals surface area contributed by atoms with Crippen LogP contribution in [0.5, 0.6) is 0 Å². The maximum absolute atomic E-state index is 11.6. The summed E-state index contributed by atoms with van der Waals surface area (Å²) in [7, 11) is 0. The molecule has 1 aromatic heterocycles. The second-order valence-corrected chi connectivity index (χ2v) is 4.16. The third-order valence-corrected chi connectivity index (χ3v) is 2.70. The fourth-order valence-electron chi connectivity index (χ4n) is 1.86. The topological polar surface area (TPSA) is 88.2 Å². The molecule has 0 saturated carbocycles. The first kappa shape index (κ1) is 15.3. The van der Waals surface area contributed by atoms with Gasteiger partial charge in [-0.1, -0.05) is 0 Å². The number of hydrogen-bond acceptors (Lipinski definition) is 4. The molecule has 1 atom stereocenters. The molecule has 0 bridgehead atoms. The molecule has 0 aliphatic carbocycles. The standard InChI is InChI=1S/C12H13N3O3.BrH/c1-7(16)14-8-2-4-10(13-6-8)9-3-5-11(17)15-12(9)18;/h2,4,6,9H,3,5H2,1H3,(H,14,16)(H,15,17,18);1H. The third-order valence-electron chi connectivity index (χ3n) is 2.70. The lowest BCUT2D eigenvalue weighted by molar-refractivity contribution is -0.134. The highest BCUT2D eigenvalue weighted by Crippen LogP contribution is 2.23. The van der Waals surface area contributed by atoms with E-state index in [1.807, 2.05) is 0 Å². The fourth-order valence-corrected chi connectivity index (χ4v) is 1.86. The number of halogens is 1. The van der Waals surface area contributed by atoms with Crippen molar-refractivity contribution in [1.82, 2.24) is 10.3 Å². The van der Waals surface area contributed by atoms with Gasteiger partial charge in [0.25, 0.3) is 0 Å². The van der Waals surface area contributed by atoms with Gasteiger partial charge in [0.1, 0.15) is 0 Å². The van der Waals surface area contributed by atoms with Gasteiger partial charge >= 0.3 is 0 Å². The summed E-state index contributed by atoms with van der Waals surface area (Å²) in [5.74, 6) is -1.13. The number of piperidine rings is 1. The zero-order chi connectivity index (χ0) is 13.1. The monoisotopic (exact) mass is 327 g/mol. The van der Waals surface area contributed by atoms with Crippen molar-refractivity contribution in [2.24, 2.45) is 0 Å². The van der Waals surface area contributed by atoms with Gasteiger partial charge < -0.3 is 5.32 Å². The van der Waals surface area contributed by atoms with Crippen LogP contribution in [0.15, 0.2) is 18.3 Å². The Balaban J connectivity index is 0.00000180. The molecule has 1 saturated heterocycles. The Bertz CT molecular complexity index is 501. The summed E-state index contributed by atoms with van der Waals surface area (Å²) in [5.41, 5.74) is 1.19. The highest BCUT2D eigenvalue weighted by molar-refractivity contribution is 8.93. The van der Waals surface area contributed by atoms with Crippen LogP contribution in [-0.4, -0.2) is 22.7 Å². The van der Waals surface area contributed by atoms with E-state index in [1.54, 1.807) is 12.1 Å². The van der Waals surface area contributed by atoms with Gasteiger partial charge in [0.05, 0.1) is 23.5 Å². The van der Waals surface area contributed by atoms with Crippen LogP contribution >= 0.6 is 17.0 Å². The van der Waals surface area contributed by atoms with E-state index in [2.05, 4.69) is 15.6 Å². The van der Waals surface area contributed by atoms with Crippen LogP contribution in [0.3, 0.4) is 0 Å². The first-order valence-corrected chi connectivity index (χ1v) is 5.63. The summed E-state index contributed by atoms with van der Waals surface area (Å²) in [4.78, 5) is 37.6. The highest BCUT2D eigenvalue weighted by Gasteiger charge is 2.28. The minimum absolute atomic E-state index is 0. The average molecular weight is 328 g/mol. The van der Waals surface area contributed by atoms with E-state index in [0.717, 1.165) is 0 Å². The van der Waals surface area contributed by atoms with Crippen molar-refractivity contribution in [3.63, 3.8) is 0 Å². The van der Waals surface area contributed by atoms with Crippen LogP contribution in [-0.2, 0) is 14.4 Å². The quantitative estimate of drug-likeness (QED) is 0.797. The summed E-state index contributed by atoms with van der Waals surface area (Å²) < 4.78 is 0. The van der Waals surface area contributed by atoms with Gasteiger partial charge in [0.15, 0.2) is 0 Å². The SMILES string of the molecule is Br.CC(=O)Nc1ccc(C2CCC(=O)NC2=O)nc1. The van der Waals surface area contributed by atoms with Crippen LogP contribution in [0.1, 0.15) is 31.4 Å². The fraction of sp³-hybridized carbons (Fsp3) is 0.333. The van der Waals surface area contributed by atoms with Crippen LogP contribution in [0, 0.1) is 0 Å². The first-order valence-electron chi connectivity index (χ1n) is 5.63. The minimum Gasteiger partial charge on any atom is -0.325 e. The minimum atomic E-state index is -0.394. The molecule has 1 aliphatic heterocycles. The number of aromatic nitrogens is 1. The molecule has 0 spiro atoms. The van der Waals surface area contributed by atoms with E-state index < -0.39 is 5.92 Å². The van der Waals surface area contributed by atoms with Crippen molar-refractivity contribution in [1.29, 1.82) is 0 Å². The van der Waals surface area contributed by atoms with Gasteiger partial charge in [-0.2, -0.15) is 0 Å². The Hall–Kier alpha value is -1.76. The second-order valence-electron chi connectivity index (χ2n) is 4.16. The summed E-state index contributed by atoms with van der Waals surface area (Å²) in [6.45, 7) is 1.41. The Labute approximate surface area is 120 Å². The highest BCUT2D eigenvalue weighted by atomic mass is 79.9. The first-order chi connectivity index (χ1) is 8.56. The molecule has 6 nitrogen and oxygen atoms in total. The molecule has 0 radical (unpaired) electrons. The molecule has 2 heterocycles. The summed E-state index contributed by atoms with van der Waals surface area (Å²) in [6, 6.07) is 3.37. The summed E-state index contributed by atoms with van der Waals surface area (Å²) in [6.07, 6.45) is 2.29. The van der Waals surface area contributed by atoms with E-state index in [4.69, 9.17) is 0 Å². The predicted molar refractivity (Wildman–Crippen MR) is 74.0 cm³/mol. The predicted octanol–water partition coefficient (Wildman–Crippen LogP) is 1.14.